The van der Waals surface area contributed by atoms with Gasteiger partial charge in [-0.1, -0.05) is 13.3 Å². The summed E-state index contributed by atoms with van der Waals surface area (Å²) in [4.78, 5) is 2.46. The first-order valence-electron chi connectivity index (χ1n) is 6.18. The first-order chi connectivity index (χ1) is 7.49. The van der Waals surface area contributed by atoms with Crippen molar-refractivity contribution >= 4 is 10.0 Å². The third-order valence-corrected chi connectivity index (χ3v) is 4.81. The van der Waals surface area contributed by atoms with E-state index in [9.17, 15) is 8.42 Å². The third-order valence-electron chi connectivity index (χ3n) is 4.12. The molecule has 3 fully saturated rings. The van der Waals surface area contributed by atoms with Gasteiger partial charge in [-0.05, 0) is 31.2 Å². The molecule has 0 aliphatic carbocycles. The molecule has 3 saturated heterocycles. The van der Waals surface area contributed by atoms with Gasteiger partial charge in [-0.3, -0.25) is 4.90 Å². The fourth-order valence-electron chi connectivity index (χ4n) is 3.17. The second-order valence-corrected chi connectivity index (χ2v) is 7.06. The fraction of sp³-hybridized carbons (Fsp3) is 1.00. The van der Waals surface area contributed by atoms with Crippen molar-refractivity contribution in [2.24, 2.45) is 11.8 Å². The number of nitrogens with zero attached hydrogens (tertiary/aromatic N) is 1. The summed E-state index contributed by atoms with van der Waals surface area (Å²) in [5.74, 6) is 1.66. The number of piperidine rings is 3. The van der Waals surface area contributed by atoms with Crippen molar-refractivity contribution in [1.29, 1.82) is 0 Å². The molecule has 3 aliphatic heterocycles. The smallest absolute Gasteiger partial charge is 0.208 e. The molecule has 5 heteroatoms. The Kier molecular flexibility index (Phi) is 3.56. The van der Waals surface area contributed by atoms with E-state index in [0.29, 0.717) is 12.6 Å². The average Bonchev–Trinajstić information content (AvgIpc) is 2.26. The van der Waals surface area contributed by atoms with Crippen molar-refractivity contribution in [3.8, 4) is 0 Å². The summed E-state index contributed by atoms with van der Waals surface area (Å²) >= 11 is 0. The molecule has 3 rings (SSSR count). The number of fused-ring (bicyclic) bond motifs is 3. The van der Waals surface area contributed by atoms with Gasteiger partial charge in [0.1, 0.15) is 0 Å². The van der Waals surface area contributed by atoms with E-state index in [0.717, 1.165) is 24.9 Å². The van der Waals surface area contributed by atoms with Crippen LogP contribution in [0.25, 0.3) is 0 Å². The van der Waals surface area contributed by atoms with Gasteiger partial charge in [0.05, 0.1) is 6.26 Å². The molecular formula is C11H22N2O2S. The Labute approximate surface area is 98.4 Å². The van der Waals surface area contributed by atoms with Crippen LogP contribution in [0.2, 0.25) is 0 Å². The quantitative estimate of drug-likeness (QED) is 0.792. The minimum atomic E-state index is -3.04. The highest BCUT2D eigenvalue weighted by atomic mass is 32.2. The molecule has 3 aliphatic rings. The maximum Gasteiger partial charge on any atom is 0.208 e. The Balaban J connectivity index is 1.90. The van der Waals surface area contributed by atoms with E-state index in [1.807, 2.05) is 0 Å². The second-order valence-electron chi connectivity index (χ2n) is 5.22. The van der Waals surface area contributed by atoms with Gasteiger partial charge < -0.3 is 0 Å². The van der Waals surface area contributed by atoms with Gasteiger partial charge in [0.2, 0.25) is 10.0 Å². The van der Waals surface area contributed by atoms with Crippen LogP contribution in [0.3, 0.4) is 0 Å². The van der Waals surface area contributed by atoms with Crippen molar-refractivity contribution in [2.75, 3.05) is 25.9 Å². The molecule has 3 heterocycles. The summed E-state index contributed by atoms with van der Waals surface area (Å²) in [6, 6.07) is 0.427. The second kappa shape index (κ2) is 4.63. The van der Waals surface area contributed by atoms with Crippen LogP contribution < -0.4 is 4.72 Å². The molecule has 4 nitrogen and oxygen atoms in total. The third kappa shape index (κ3) is 2.76. The molecule has 94 valence electrons. The SMILES string of the molecule is CCC1CN2CCC1CC2CNS(C)(=O)=O. The minimum absolute atomic E-state index is 0.427. The Morgan fingerprint density at radius 1 is 1.44 bits per heavy atom. The van der Waals surface area contributed by atoms with Crippen LogP contribution in [0, 0.1) is 11.8 Å². The molecule has 1 N–H and O–H groups in total. The average molecular weight is 246 g/mol. The van der Waals surface area contributed by atoms with Gasteiger partial charge in [-0.25, -0.2) is 13.1 Å². The summed E-state index contributed by atoms with van der Waals surface area (Å²) in [7, 11) is -3.04. The lowest BCUT2D eigenvalue weighted by molar-refractivity contribution is 0.00238. The molecule has 16 heavy (non-hydrogen) atoms. The standard InChI is InChI=1S/C11H22N2O2S/c1-3-9-8-13-5-4-10(9)6-11(13)7-12-16(2,14)15/h9-12H,3-8H2,1-2H3. The highest BCUT2D eigenvalue weighted by Gasteiger charge is 2.38. The van der Waals surface area contributed by atoms with Crippen molar-refractivity contribution in [3.05, 3.63) is 0 Å². The minimum Gasteiger partial charge on any atom is -0.299 e. The molecule has 2 bridgehead atoms. The lowest BCUT2D eigenvalue weighted by atomic mass is 9.74. The van der Waals surface area contributed by atoms with Crippen molar-refractivity contribution in [2.45, 2.75) is 32.2 Å². The summed E-state index contributed by atoms with van der Waals surface area (Å²) in [5, 5.41) is 0. The van der Waals surface area contributed by atoms with Gasteiger partial charge in [0.25, 0.3) is 0 Å². The highest BCUT2D eigenvalue weighted by molar-refractivity contribution is 7.88. The number of rotatable bonds is 4. The summed E-state index contributed by atoms with van der Waals surface area (Å²) in [6.07, 6.45) is 4.96. The molecule has 0 amide bonds. The Hall–Kier alpha value is -0.130. The summed E-state index contributed by atoms with van der Waals surface area (Å²) in [6.45, 7) is 5.16. The first kappa shape index (κ1) is 12.3. The zero-order valence-corrected chi connectivity index (χ0v) is 11.0. The molecule has 0 aromatic heterocycles. The summed E-state index contributed by atoms with van der Waals surface area (Å²) in [5.41, 5.74) is 0. The van der Waals surface area contributed by atoms with E-state index in [-0.39, 0.29) is 0 Å². The van der Waals surface area contributed by atoms with E-state index in [1.54, 1.807) is 0 Å². The van der Waals surface area contributed by atoms with Crippen LogP contribution in [0.15, 0.2) is 0 Å². The lowest BCUT2D eigenvalue weighted by Crippen LogP contribution is -2.56. The maximum atomic E-state index is 11.1. The van der Waals surface area contributed by atoms with E-state index in [4.69, 9.17) is 0 Å². The summed E-state index contributed by atoms with van der Waals surface area (Å²) < 4.78 is 24.8. The number of hydrogen-bond acceptors (Lipinski definition) is 3. The first-order valence-corrected chi connectivity index (χ1v) is 8.07. The van der Waals surface area contributed by atoms with E-state index >= 15 is 0 Å². The highest BCUT2D eigenvalue weighted by Crippen LogP contribution is 2.37. The number of hydrogen-bond donors (Lipinski definition) is 1. The molecule has 0 spiro atoms. The van der Waals surface area contributed by atoms with Crippen molar-refractivity contribution < 1.29 is 8.42 Å². The largest absolute Gasteiger partial charge is 0.299 e. The number of nitrogens with one attached hydrogen (secondary N) is 1. The van der Waals surface area contributed by atoms with Gasteiger partial charge in [-0.15, -0.1) is 0 Å². The molecule has 0 radical (unpaired) electrons. The monoisotopic (exact) mass is 246 g/mol. The zero-order chi connectivity index (χ0) is 11.8. The molecule has 0 saturated carbocycles. The zero-order valence-electron chi connectivity index (χ0n) is 10.1. The van der Waals surface area contributed by atoms with Crippen molar-refractivity contribution in [3.63, 3.8) is 0 Å². The fourth-order valence-corrected chi connectivity index (χ4v) is 3.67. The molecule has 0 aromatic rings. The van der Waals surface area contributed by atoms with Crippen LogP contribution in [-0.4, -0.2) is 45.2 Å². The molecule has 4 atom stereocenters. The Morgan fingerprint density at radius 3 is 2.69 bits per heavy atom. The van der Waals surface area contributed by atoms with Crippen LogP contribution in [-0.2, 0) is 10.0 Å². The van der Waals surface area contributed by atoms with Gasteiger partial charge in [0.15, 0.2) is 0 Å². The molecule has 0 aromatic carbocycles. The molecule has 4 unspecified atom stereocenters. The van der Waals surface area contributed by atoms with Gasteiger partial charge in [-0.2, -0.15) is 0 Å². The van der Waals surface area contributed by atoms with E-state index in [2.05, 4.69) is 16.5 Å². The Morgan fingerprint density at radius 2 is 2.19 bits per heavy atom. The lowest BCUT2D eigenvalue weighted by Gasteiger charge is -2.49. The van der Waals surface area contributed by atoms with E-state index in [1.165, 1.54) is 25.5 Å². The number of sulfonamides is 1. The maximum absolute atomic E-state index is 11.1. The van der Waals surface area contributed by atoms with Crippen LogP contribution in [0.1, 0.15) is 26.2 Å². The van der Waals surface area contributed by atoms with Crippen LogP contribution >= 0.6 is 0 Å². The predicted octanol–water partition coefficient (Wildman–Crippen LogP) is 0.656. The molecular weight excluding hydrogens is 224 g/mol. The Bertz CT molecular complexity index is 342. The van der Waals surface area contributed by atoms with Crippen LogP contribution in [0.4, 0.5) is 0 Å². The van der Waals surface area contributed by atoms with E-state index < -0.39 is 10.0 Å². The van der Waals surface area contributed by atoms with Crippen LogP contribution in [0.5, 0.6) is 0 Å². The van der Waals surface area contributed by atoms with Gasteiger partial charge >= 0.3 is 0 Å². The van der Waals surface area contributed by atoms with Crippen molar-refractivity contribution in [1.82, 2.24) is 9.62 Å². The van der Waals surface area contributed by atoms with Gasteiger partial charge in [0, 0.05) is 19.1 Å². The predicted molar refractivity (Wildman–Crippen MR) is 64.7 cm³/mol. The topological polar surface area (TPSA) is 49.4 Å². The normalized spacial score (nSPS) is 38.9.